The van der Waals surface area contributed by atoms with Crippen LogP contribution in [0.3, 0.4) is 0 Å². The molecule has 5 heteroatoms. The summed E-state index contributed by atoms with van der Waals surface area (Å²) in [5.41, 5.74) is 0.305. The van der Waals surface area contributed by atoms with Gasteiger partial charge in [-0.15, -0.1) is 11.6 Å². The van der Waals surface area contributed by atoms with Crippen molar-refractivity contribution in [2.75, 3.05) is 7.11 Å². The Labute approximate surface area is 114 Å². The SMILES string of the molecule is COc1ccc(CCl)c(F)c1Oc1ccc(F)cc1. The van der Waals surface area contributed by atoms with Gasteiger partial charge in [0.1, 0.15) is 11.6 Å². The van der Waals surface area contributed by atoms with Crippen molar-refractivity contribution in [2.45, 2.75) is 5.88 Å². The van der Waals surface area contributed by atoms with Crippen LogP contribution in [0.25, 0.3) is 0 Å². The van der Waals surface area contributed by atoms with E-state index in [0.29, 0.717) is 11.3 Å². The van der Waals surface area contributed by atoms with Crippen molar-refractivity contribution in [1.29, 1.82) is 0 Å². The number of ether oxygens (including phenoxy) is 2. The Morgan fingerprint density at radius 1 is 1.05 bits per heavy atom. The maximum atomic E-state index is 14.1. The molecule has 2 aromatic rings. The Hall–Kier alpha value is -1.81. The predicted octanol–water partition coefficient (Wildman–Crippen LogP) is 4.50. The Morgan fingerprint density at radius 3 is 2.32 bits per heavy atom. The standard InChI is InChI=1S/C14H11ClF2O2/c1-18-12-7-2-9(8-15)13(17)14(12)19-11-5-3-10(16)4-6-11/h2-7H,8H2,1H3. The van der Waals surface area contributed by atoms with Crippen LogP contribution in [0.4, 0.5) is 8.78 Å². The fourth-order valence-corrected chi connectivity index (χ4v) is 1.77. The molecule has 0 spiro atoms. The number of methoxy groups -OCH3 is 1. The molecule has 100 valence electrons. The van der Waals surface area contributed by atoms with Crippen molar-refractivity contribution in [1.82, 2.24) is 0 Å². The average Bonchev–Trinajstić information content (AvgIpc) is 2.43. The van der Waals surface area contributed by atoms with Crippen LogP contribution < -0.4 is 9.47 Å². The van der Waals surface area contributed by atoms with Crippen LogP contribution in [-0.2, 0) is 5.88 Å². The van der Waals surface area contributed by atoms with Gasteiger partial charge in [-0.3, -0.25) is 0 Å². The molecule has 0 saturated carbocycles. The first-order chi connectivity index (χ1) is 9.15. The third-order valence-electron chi connectivity index (χ3n) is 2.54. The van der Waals surface area contributed by atoms with Gasteiger partial charge in [0.05, 0.1) is 13.0 Å². The molecule has 0 heterocycles. The van der Waals surface area contributed by atoms with E-state index in [9.17, 15) is 8.78 Å². The second kappa shape index (κ2) is 5.89. The van der Waals surface area contributed by atoms with Crippen molar-refractivity contribution < 1.29 is 18.3 Å². The smallest absolute Gasteiger partial charge is 0.205 e. The van der Waals surface area contributed by atoms with Gasteiger partial charge in [-0.05, 0) is 30.3 Å². The second-order valence-electron chi connectivity index (χ2n) is 3.76. The molecule has 2 rings (SSSR count). The summed E-state index contributed by atoms with van der Waals surface area (Å²) in [4.78, 5) is 0. The molecule has 19 heavy (non-hydrogen) atoms. The van der Waals surface area contributed by atoms with Crippen molar-refractivity contribution in [3.8, 4) is 17.2 Å². The Balaban J connectivity index is 2.40. The largest absolute Gasteiger partial charge is 0.493 e. The quantitative estimate of drug-likeness (QED) is 0.769. The van der Waals surface area contributed by atoms with E-state index in [2.05, 4.69) is 0 Å². The van der Waals surface area contributed by atoms with Crippen LogP contribution >= 0.6 is 11.6 Å². The molecule has 0 radical (unpaired) electrons. The summed E-state index contributed by atoms with van der Waals surface area (Å²) in [6.45, 7) is 0. The van der Waals surface area contributed by atoms with Gasteiger partial charge in [-0.1, -0.05) is 6.07 Å². The Morgan fingerprint density at radius 2 is 1.74 bits per heavy atom. The molecule has 0 bridgehead atoms. The topological polar surface area (TPSA) is 18.5 Å². The lowest BCUT2D eigenvalue weighted by Crippen LogP contribution is -1.97. The minimum Gasteiger partial charge on any atom is -0.493 e. The zero-order valence-electron chi connectivity index (χ0n) is 10.1. The summed E-state index contributed by atoms with van der Waals surface area (Å²) in [6, 6.07) is 8.36. The third-order valence-corrected chi connectivity index (χ3v) is 2.83. The van der Waals surface area contributed by atoms with Crippen LogP contribution in [0.1, 0.15) is 5.56 Å². The molecule has 0 N–H and O–H groups in total. The third kappa shape index (κ3) is 2.96. The van der Waals surface area contributed by atoms with E-state index in [4.69, 9.17) is 21.1 Å². The number of halogens is 3. The maximum absolute atomic E-state index is 14.1. The minimum absolute atomic E-state index is 0.0234. The van der Waals surface area contributed by atoms with Gasteiger partial charge < -0.3 is 9.47 Å². The molecule has 0 amide bonds. The summed E-state index contributed by atoms with van der Waals surface area (Å²) in [5, 5.41) is 0. The molecule has 0 aliphatic rings. The van der Waals surface area contributed by atoms with Crippen LogP contribution in [-0.4, -0.2) is 7.11 Å². The Bertz CT molecular complexity index is 570. The monoisotopic (exact) mass is 284 g/mol. The molecule has 2 aromatic carbocycles. The zero-order chi connectivity index (χ0) is 13.8. The molecular weight excluding hydrogens is 274 g/mol. The molecular formula is C14H11ClF2O2. The van der Waals surface area contributed by atoms with Crippen molar-refractivity contribution in [3.63, 3.8) is 0 Å². The number of hydrogen-bond donors (Lipinski definition) is 0. The van der Waals surface area contributed by atoms with E-state index in [1.807, 2.05) is 0 Å². The minimum atomic E-state index is -0.585. The van der Waals surface area contributed by atoms with Gasteiger partial charge in [0, 0.05) is 5.56 Å². The van der Waals surface area contributed by atoms with Crippen molar-refractivity contribution >= 4 is 11.6 Å². The number of rotatable bonds is 4. The van der Waals surface area contributed by atoms with E-state index in [1.54, 1.807) is 6.07 Å². The highest BCUT2D eigenvalue weighted by Gasteiger charge is 2.16. The summed E-state index contributed by atoms with van der Waals surface area (Å²) in [7, 11) is 1.41. The van der Waals surface area contributed by atoms with E-state index >= 15 is 0 Å². The predicted molar refractivity (Wildman–Crippen MR) is 69.0 cm³/mol. The zero-order valence-corrected chi connectivity index (χ0v) is 10.9. The van der Waals surface area contributed by atoms with Crippen molar-refractivity contribution in [3.05, 3.63) is 53.6 Å². The highest BCUT2D eigenvalue weighted by atomic mass is 35.5. The summed E-state index contributed by atoms with van der Waals surface area (Å²) >= 11 is 5.64. The van der Waals surface area contributed by atoms with Gasteiger partial charge in [-0.2, -0.15) is 0 Å². The van der Waals surface area contributed by atoms with Gasteiger partial charge >= 0.3 is 0 Å². The van der Waals surface area contributed by atoms with Crippen LogP contribution in [0.2, 0.25) is 0 Å². The second-order valence-corrected chi connectivity index (χ2v) is 4.03. The number of hydrogen-bond acceptors (Lipinski definition) is 2. The summed E-state index contributed by atoms with van der Waals surface area (Å²) in [5.74, 6) is -0.462. The molecule has 0 fully saturated rings. The first kappa shape index (κ1) is 13.6. The van der Waals surface area contributed by atoms with Crippen LogP contribution in [0.15, 0.2) is 36.4 Å². The fourth-order valence-electron chi connectivity index (χ4n) is 1.56. The van der Waals surface area contributed by atoms with E-state index < -0.39 is 11.6 Å². The lowest BCUT2D eigenvalue weighted by molar-refractivity contribution is 0.363. The van der Waals surface area contributed by atoms with Crippen LogP contribution in [0.5, 0.6) is 17.2 Å². The fraction of sp³-hybridized carbons (Fsp3) is 0.143. The number of benzene rings is 2. The van der Waals surface area contributed by atoms with Crippen molar-refractivity contribution in [2.24, 2.45) is 0 Å². The molecule has 0 unspecified atom stereocenters. The van der Waals surface area contributed by atoms with Gasteiger partial charge in [0.2, 0.25) is 5.75 Å². The molecule has 0 saturated heterocycles. The van der Waals surface area contributed by atoms with E-state index in [1.165, 1.54) is 37.4 Å². The highest BCUT2D eigenvalue weighted by molar-refractivity contribution is 6.17. The van der Waals surface area contributed by atoms with Gasteiger partial charge in [0.15, 0.2) is 11.6 Å². The van der Waals surface area contributed by atoms with Crippen LogP contribution in [0, 0.1) is 11.6 Å². The van der Waals surface area contributed by atoms with Gasteiger partial charge in [0.25, 0.3) is 0 Å². The molecule has 0 aliphatic heterocycles. The Kier molecular flexibility index (Phi) is 4.22. The maximum Gasteiger partial charge on any atom is 0.205 e. The van der Waals surface area contributed by atoms with E-state index in [0.717, 1.165) is 0 Å². The number of alkyl halides is 1. The lowest BCUT2D eigenvalue weighted by atomic mass is 10.2. The summed E-state index contributed by atoms with van der Waals surface area (Å²) < 4.78 is 37.4. The molecule has 2 nitrogen and oxygen atoms in total. The molecule has 0 aliphatic carbocycles. The first-order valence-corrected chi connectivity index (χ1v) is 6.04. The normalized spacial score (nSPS) is 10.3. The summed E-state index contributed by atoms with van der Waals surface area (Å²) in [6.07, 6.45) is 0. The molecule has 0 atom stereocenters. The van der Waals surface area contributed by atoms with E-state index in [-0.39, 0.29) is 17.4 Å². The first-order valence-electron chi connectivity index (χ1n) is 5.50. The van der Waals surface area contributed by atoms with Gasteiger partial charge in [-0.25, -0.2) is 8.78 Å². The highest BCUT2D eigenvalue weighted by Crippen LogP contribution is 2.36. The molecule has 0 aromatic heterocycles. The average molecular weight is 285 g/mol. The lowest BCUT2D eigenvalue weighted by Gasteiger charge is -2.13.